The standard InChI is InChI=1S/C22H43N5O22P6/c1-17-15-27(18(2)25-22(17)29)21-14-19(28)20(44-21)16-43-51(32,33)46-53(36,37)48-55(40,41)49-54(38,39)47-52(34,35)45-50(30,31)42-13-11-9-7-5-3-4-6-8-10-12-24-26-23/h15,19-21,28H,2-14,16H2,1H3,(H,25,29)(H,30,31)(H,32,33)(H,34,35)(H,36,37)(H,38,39)(H,40,41)/p-6/t19?,20-,21-/m1/s1. The van der Waals surface area contributed by atoms with Crippen molar-refractivity contribution in [3.63, 3.8) is 0 Å². The third-order valence-electron chi connectivity index (χ3n) is 6.89. The first-order chi connectivity index (χ1) is 25.3. The number of azide groups is 1. The summed E-state index contributed by atoms with van der Waals surface area (Å²) in [6.07, 6.45) is 3.51. The average Bonchev–Trinajstić information content (AvgIpc) is 3.37. The highest BCUT2D eigenvalue weighted by molar-refractivity contribution is 7.71. The molecule has 0 saturated carbocycles. The number of carbonyl (C=O) groups excluding carboxylic acids is 1. The number of rotatable bonds is 27. The van der Waals surface area contributed by atoms with E-state index < -0.39 is 84.5 Å². The number of carbonyl (C=O) groups is 1. The van der Waals surface area contributed by atoms with Gasteiger partial charge >= 0.3 is 0 Å². The second-order valence-corrected chi connectivity index (χ2v) is 20.6. The number of phosphoric ester groups is 2. The van der Waals surface area contributed by atoms with Crippen LogP contribution in [0.3, 0.4) is 0 Å². The summed E-state index contributed by atoms with van der Waals surface area (Å²) in [7, 11) is -39.0. The van der Waals surface area contributed by atoms with E-state index in [1.807, 2.05) is 0 Å². The number of aliphatic hydroxyl groups is 1. The Labute approximate surface area is 313 Å². The number of nitrogens with one attached hydrogen (secondary N) is 1. The Morgan fingerprint density at radius 3 is 1.75 bits per heavy atom. The maximum absolute atomic E-state index is 12.1. The Balaban J connectivity index is 1.79. The van der Waals surface area contributed by atoms with Gasteiger partial charge in [0.15, 0.2) is 0 Å². The van der Waals surface area contributed by atoms with Gasteiger partial charge in [-0.1, -0.05) is 56.6 Å². The van der Waals surface area contributed by atoms with E-state index in [4.69, 9.17) is 10.3 Å². The minimum absolute atomic E-state index is 0.0342. The van der Waals surface area contributed by atoms with Crippen LogP contribution in [0.1, 0.15) is 71.1 Å². The van der Waals surface area contributed by atoms with Gasteiger partial charge in [0.1, 0.15) is 18.2 Å². The van der Waals surface area contributed by atoms with Crippen LogP contribution in [0.2, 0.25) is 0 Å². The van der Waals surface area contributed by atoms with Crippen LogP contribution in [0.25, 0.3) is 10.4 Å². The highest BCUT2D eigenvalue weighted by atomic mass is 31.3. The lowest BCUT2D eigenvalue weighted by Crippen LogP contribution is -2.42. The summed E-state index contributed by atoms with van der Waals surface area (Å²) in [5, 5.41) is 16.1. The number of hydrogen-bond acceptors (Lipinski definition) is 24. The van der Waals surface area contributed by atoms with E-state index in [2.05, 4.69) is 52.5 Å². The van der Waals surface area contributed by atoms with E-state index in [0.717, 1.165) is 38.5 Å². The summed E-state index contributed by atoms with van der Waals surface area (Å²) in [6, 6.07) is 0. The predicted octanol–water partition coefficient (Wildman–Crippen LogP) is 1.02. The van der Waals surface area contributed by atoms with Gasteiger partial charge in [-0.25, -0.2) is 21.6 Å². The van der Waals surface area contributed by atoms with Crippen molar-refractivity contribution in [3.8, 4) is 0 Å². The zero-order valence-electron chi connectivity index (χ0n) is 28.7. The fourth-order valence-electron chi connectivity index (χ4n) is 4.56. The molecule has 1 fully saturated rings. The van der Waals surface area contributed by atoms with Crippen molar-refractivity contribution >= 4 is 52.8 Å². The molecule has 0 radical (unpaired) electrons. The Kier molecular flexibility index (Phi) is 19.7. The topological polar surface area (TPSA) is 416 Å². The van der Waals surface area contributed by atoms with Crippen LogP contribution in [0.15, 0.2) is 29.3 Å². The first-order valence-electron chi connectivity index (χ1n) is 15.8. The van der Waals surface area contributed by atoms with E-state index in [9.17, 15) is 66.7 Å². The minimum atomic E-state index is -6.88. The molecule has 2 rings (SSSR count). The molecule has 0 aromatic rings. The molecular weight excluding hydrogens is 872 g/mol. The molecule has 318 valence electrons. The summed E-state index contributed by atoms with van der Waals surface area (Å²) in [5.74, 6) is -0.441. The number of phosphoric acid groups is 6. The highest BCUT2D eigenvalue weighted by Crippen LogP contribution is 2.70. The van der Waals surface area contributed by atoms with Gasteiger partial charge in [-0.05, 0) is 25.3 Å². The molecule has 0 spiro atoms. The van der Waals surface area contributed by atoms with Crippen LogP contribution in [-0.4, -0.2) is 54.1 Å². The largest absolute Gasteiger partial charge is 0.756 e. The molecule has 2 aliphatic heterocycles. The average molecular weight is 909 g/mol. The molecule has 27 nitrogen and oxygen atoms in total. The number of nitrogens with zero attached hydrogens (tertiary/aromatic N) is 4. The van der Waals surface area contributed by atoms with Gasteiger partial charge in [0, 0.05) is 29.7 Å². The van der Waals surface area contributed by atoms with Crippen LogP contribution >= 0.6 is 46.9 Å². The molecule has 0 bridgehead atoms. The molecular formula is C22H37N5O22P6-6. The van der Waals surface area contributed by atoms with Crippen molar-refractivity contribution in [2.75, 3.05) is 19.8 Å². The Morgan fingerprint density at radius 1 is 0.818 bits per heavy atom. The van der Waals surface area contributed by atoms with Crippen molar-refractivity contribution in [1.82, 2.24) is 10.2 Å². The van der Waals surface area contributed by atoms with Crippen LogP contribution in [0, 0.1) is 0 Å². The van der Waals surface area contributed by atoms with Gasteiger partial charge in [0.25, 0.3) is 52.8 Å². The maximum atomic E-state index is 12.1. The molecule has 0 aromatic carbocycles. The SMILES string of the molecule is C=C1NC(=O)C(C)=CN1[C@H]1CC(O)[C@@H](COP(=O)([O-])OP(=O)([O-])OP(=O)([O-])OP(=O)([O-])OP(=O)([O-])OP(=O)([O-])OCCCCCCCCCCCN=[N+]=[N-])O1. The van der Waals surface area contributed by atoms with E-state index in [1.54, 1.807) is 0 Å². The quantitative estimate of drug-likeness (QED) is 0.0382. The van der Waals surface area contributed by atoms with E-state index >= 15 is 0 Å². The van der Waals surface area contributed by atoms with Crippen LogP contribution in [0.5, 0.6) is 0 Å². The molecule has 0 aliphatic carbocycles. The van der Waals surface area contributed by atoms with Crippen molar-refractivity contribution in [1.29, 1.82) is 0 Å². The number of amides is 1. The van der Waals surface area contributed by atoms with E-state index in [0.29, 0.717) is 19.4 Å². The predicted molar refractivity (Wildman–Crippen MR) is 171 cm³/mol. The fourth-order valence-corrected chi connectivity index (χ4v) is 12.1. The lowest BCUT2D eigenvalue weighted by atomic mass is 10.1. The molecule has 1 saturated heterocycles. The zero-order valence-corrected chi connectivity index (χ0v) is 34.1. The number of hydrogen-bond donors (Lipinski definition) is 2. The van der Waals surface area contributed by atoms with Crippen molar-refractivity contribution in [3.05, 3.63) is 34.6 Å². The first-order valence-corrected chi connectivity index (χ1v) is 24.6. The summed E-state index contributed by atoms with van der Waals surface area (Å²) in [4.78, 5) is 87.2. The molecule has 2 heterocycles. The van der Waals surface area contributed by atoms with Gasteiger partial charge < -0.3 is 58.5 Å². The van der Waals surface area contributed by atoms with Crippen LogP contribution in [-0.2, 0) is 67.5 Å². The lowest BCUT2D eigenvalue weighted by molar-refractivity contribution is -0.256. The Morgan fingerprint density at radius 2 is 1.25 bits per heavy atom. The Hall–Kier alpha value is -1.16. The van der Waals surface area contributed by atoms with Crippen molar-refractivity contribution in [2.45, 2.75) is 89.6 Å². The molecule has 33 heteroatoms. The molecule has 9 atom stereocenters. The minimum Gasteiger partial charge on any atom is -0.756 e. The lowest BCUT2D eigenvalue weighted by Gasteiger charge is -2.38. The monoisotopic (exact) mass is 909 g/mol. The van der Waals surface area contributed by atoms with Gasteiger partial charge in [-0.3, -0.25) is 32.2 Å². The summed E-state index contributed by atoms with van der Waals surface area (Å²) >= 11 is 0. The van der Waals surface area contributed by atoms with Crippen molar-refractivity contribution in [2.24, 2.45) is 5.11 Å². The second-order valence-electron chi connectivity index (χ2n) is 11.4. The van der Waals surface area contributed by atoms with Crippen LogP contribution < -0.4 is 34.7 Å². The van der Waals surface area contributed by atoms with Gasteiger partial charge in [0.05, 0.1) is 19.3 Å². The molecule has 2 aliphatic rings. The number of unbranched alkanes of at least 4 members (excludes halogenated alkanes) is 8. The number of aliphatic hydroxyl groups excluding tert-OH is 1. The highest BCUT2D eigenvalue weighted by Gasteiger charge is 2.40. The maximum Gasteiger partial charge on any atom is 0.280 e. The third-order valence-corrected chi connectivity index (χ3v) is 15.9. The second kappa shape index (κ2) is 21.7. The molecule has 0 aromatic heterocycles. The summed E-state index contributed by atoms with van der Waals surface area (Å²) < 4.78 is 102. The smallest absolute Gasteiger partial charge is 0.280 e. The van der Waals surface area contributed by atoms with Gasteiger partial charge in [-0.2, -0.15) is 0 Å². The van der Waals surface area contributed by atoms with Gasteiger partial charge in [-0.15, -0.1) is 0 Å². The normalized spacial score (nSPS) is 25.6. The fraction of sp³-hybridized carbons (Fsp3) is 0.773. The summed E-state index contributed by atoms with van der Waals surface area (Å²) in [6.45, 7) is 3.72. The van der Waals surface area contributed by atoms with E-state index in [-0.39, 0.29) is 24.2 Å². The first kappa shape index (κ1) is 50.0. The molecule has 1 amide bonds. The molecule has 2 N–H and O–H groups in total. The van der Waals surface area contributed by atoms with Gasteiger partial charge in [0.2, 0.25) is 0 Å². The Bertz CT molecular complexity index is 1730. The van der Waals surface area contributed by atoms with E-state index in [1.165, 1.54) is 18.0 Å². The number of ether oxygens (including phenoxy) is 1. The zero-order chi connectivity index (χ0) is 41.7. The summed E-state index contributed by atoms with van der Waals surface area (Å²) in [5.41, 5.74) is 8.42. The molecule has 7 unspecified atom stereocenters. The van der Waals surface area contributed by atoms with Crippen molar-refractivity contribution < 1.29 is 102 Å². The third kappa shape index (κ3) is 19.9. The van der Waals surface area contributed by atoms with Crippen LogP contribution in [0.4, 0.5) is 0 Å². The molecule has 55 heavy (non-hydrogen) atoms.